The second-order valence-corrected chi connectivity index (χ2v) is 3.34. The Morgan fingerprint density at radius 1 is 1.29 bits per heavy atom. The number of hydrogen-bond donors (Lipinski definition) is 6. The molecule has 0 aromatic heterocycles. The average molecular weight is 209 g/mol. The number of hydrogen-bond acceptors (Lipinski definition) is 7. The lowest BCUT2D eigenvalue weighted by molar-refractivity contribution is -0.325. The van der Waals surface area contributed by atoms with E-state index in [-0.39, 0.29) is 0 Å². The van der Waals surface area contributed by atoms with Crippen molar-refractivity contribution in [3.05, 3.63) is 0 Å². The second-order valence-electron chi connectivity index (χ2n) is 3.34. The van der Waals surface area contributed by atoms with Crippen molar-refractivity contribution in [2.75, 3.05) is 13.2 Å². The summed E-state index contributed by atoms with van der Waals surface area (Å²) in [7, 11) is 0. The summed E-state index contributed by atoms with van der Waals surface area (Å²) in [6.07, 6.45) is -6.01. The highest BCUT2D eigenvalue weighted by Gasteiger charge is 2.53. The van der Waals surface area contributed by atoms with Crippen LogP contribution < -0.4 is 5.73 Å². The van der Waals surface area contributed by atoms with Crippen LogP contribution in [0.25, 0.3) is 0 Å². The van der Waals surface area contributed by atoms with E-state index in [9.17, 15) is 20.4 Å². The fourth-order valence-corrected chi connectivity index (χ4v) is 1.38. The van der Waals surface area contributed by atoms with Gasteiger partial charge in [-0.3, -0.25) is 0 Å². The third-order valence-electron chi connectivity index (χ3n) is 2.45. The Morgan fingerprint density at radius 3 is 2.29 bits per heavy atom. The number of ether oxygens (including phenoxy) is 1. The molecule has 7 heteroatoms. The van der Waals surface area contributed by atoms with E-state index in [1.54, 1.807) is 0 Å². The summed E-state index contributed by atoms with van der Waals surface area (Å²) in [5.41, 5.74) is 3.04. The zero-order valence-corrected chi connectivity index (χ0v) is 7.45. The van der Waals surface area contributed by atoms with Crippen molar-refractivity contribution < 1.29 is 30.3 Å². The van der Waals surface area contributed by atoms with Crippen LogP contribution in [0.15, 0.2) is 0 Å². The van der Waals surface area contributed by atoms with Gasteiger partial charge in [0.15, 0.2) is 11.9 Å². The Morgan fingerprint density at radius 2 is 1.86 bits per heavy atom. The maximum absolute atomic E-state index is 9.61. The average Bonchev–Trinajstić information content (AvgIpc) is 2.20. The predicted octanol–water partition coefficient (Wildman–Crippen LogP) is -3.89. The van der Waals surface area contributed by atoms with Gasteiger partial charge in [0.25, 0.3) is 0 Å². The summed E-state index contributed by atoms with van der Waals surface area (Å²) in [5.74, 6) is 0. The van der Waals surface area contributed by atoms with Gasteiger partial charge < -0.3 is 36.0 Å². The quantitative estimate of drug-likeness (QED) is 0.273. The molecule has 1 aliphatic heterocycles. The topological polar surface area (TPSA) is 136 Å². The summed E-state index contributed by atoms with van der Waals surface area (Å²) in [6, 6.07) is 0. The van der Waals surface area contributed by atoms with Crippen molar-refractivity contribution in [2.45, 2.75) is 30.2 Å². The van der Waals surface area contributed by atoms with Crippen LogP contribution in [-0.2, 0) is 4.74 Å². The van der Waals surface area contributed by atoms with Gasteiger partial charge in [0.2, 0.25) is 0 Å². The summed E-state index contributed by atoms with van der Waals surface area (Å²) in [4.78, 5) is 0. The SMILES string of the molecule is NC[C@@]1(O)[C@H](O)O[C@H](CO)[C@@H](O)[C@@H]1O. The van der Waals surface area contributed by atoms with Gasteiger partial charge in [-0.2, -0.15) is 0 Å². The van der Waals surface area contributed by atoms with Gasteiger partial charge in [-0.05, 0) is 0 Å². The maximum Gasteiger partial charge on any atom is 0.188 e. The van der Waals surface area contributed by atoms with Crippen LogP contribution in [0.4, 0.5) is 0 Å². The van der Waals surface area contributed by atoms with Crippen LogP contribution in [0.2, 0.25) is 0 Å². The lowest BCUT2D eigenvalue weighted by atomic mass is 9.87. The first-order valence-corrected chi connectivity index (χ1v) is 4.20. The third-order valence-corrected chi connectivity index (χ3v) is 2.45. The molecule has 14 heavy (non-hydrogen) atoms. The molecule has 0 unspecified atom stereocenters. The second kappa shape index (κ2) is 4.07. The van der Waals surface area contributed by atoms with Crippen LogP contribution in [0.3, 0.4) is 0 Å². The van der Waals surface area contributed by atoms with E-state index >= 15 is 0 Å². The molecule has 0 aromatic carbocycles. The Bertz CT molecular complexity index is 203. The molecule has 7 nitrogen and oxygen atoms in total. The van der Waals surface area contributed by atoms with Crippen LogP contribution in [0.5, 0.6) is 0 Å². The number of aliphatic hydroxyl groups is 5. The predicted molar refractivity (Wildman–Crippen MR) is 44.0 cm³/mol. The van der Waals surface area contributed by atoms with E-state index < -0.39 is 43.4 Å². The summed E-state index contributed by atoms with van der Waals surface area (Å²) in [5, 5.41) is 46.4. The third kappa shape index (κ3) is 1.63. The van der Waals surface area contributed by atoms with Crippen molar-refractivity contribution in [1.82, 2.24) is 0 Å². The molecular weight excluding hydrogens is 194 g/mol. The zero-order chi connectivity index (χ0) is 10.9. The Kier molecular flexibility index (Phi) is 3.43. The Labute approximate surface area is 80.3 Å². The molecule has 0 aromatic rings. The largest absolute Gasteiger partial charge is 0.394 e. The first kappa shape index (κ1) is 11.8. The number of rotatable bonds is 2. The van der Waals surface area contributed by atoms with Crippen molar-refractivity contribution in [3.63, 3.8) is 0 Å². The Balaban J connectivity index is 2.84. The lowest BCUT2D eigenvalue weighted by Crippen LogP contribution is -2.69. The van der Waals surface area contributed by atoms with Gasteiger partial charge >= 0.3 is 0 Å². The highest BCUT2D eigenvalue weighted by atomic mass is 16.6. The van der Waals surface area contributed by atoms with Crippen LogP contribution in [-0.4, -0.2) is 68.9 Å². The lowest BCUT2D eigenvalue weighted by Gasteiger charge is -2.45. The molecule has 0 saturated carbocycles. The van der Waals surface area contributed by atoms with Crippen LogP contribution in [0, 0.1) is 0 Å². The normalized spacial score (nSPS) is 49.3. The molecule has 0 radical (unpaired) electrons. The molecule has 84 valence electrons. The molecular formula is C7H15NO6. The molecule has 1 saturated heterocycles. The highest BCUT2D eigenvalue weighted by Crippen LogP contribution is 2.27. The molecule has 7 N–H and O–H groups in total. The van der Waals surface area contributed by atoms with Crippen molar-refractivity contribution in [3.8, 4) is 0 Å². The van der Waals surface area contributed by atoms with E-state index in [1.165, 1.54) is 0 Å². The van der Waals surface area contributed by atoms with Crippen LogP contribution in [0.1, 0.15) is 0 Å². The molecule has 0 aliphatic carbocycles. The van der Waals surface area contributed by atoms with E-state index in [0.717, 1.165) is 0 Å². The smallest absolute Gasteiger partial charge is 0.188 e. The van der Waals surface area contributed by atoms with Gasteiger partial charge in [-0.25, -0.2) is 0 Å². The standard InChI is InChI=1S/C7H15NO6/c8-2-7(13)5(11)4(10)3(1-9)14-6(7)12/h3-6,9-13H,1-2,8H2/t3-,4-,5+,6-,7+/m1/s1. The van der Waals surface area contributed by atoms with Gasteiger partial charge in [-0.15, -0.1) is 0 Å². The summed E-state index contributed by atoms with van der Waals surface area (Å²) in [6.45, 7) is -1.04. The number of nitrogens with two attached hydrogens (primary N) is 1. The minimum Gasteiger partial charge on any atom is -0.394 e. The summed E-state index contributed by atoms with van der Waals surface area (Å²) >= 11 is 0. The molecule has 1 aliphatic rings. The fourth-order valence-electron chi connectivity index (χ4n) is 1.38. The van der Waals surface area contributed by atoms with Gasteiger partial charge in [0.05, 0.1) is 6.61 Å². The molecule has 1 heterocycles. The van der Waals surface area contributed by atoms with E-state index in [4.69, 9.17) is 15.6 Å². The molecule has 0 spiro atoms. The molecule has 1 rings (SSSR count). The van der Waals surface area contributed by atoms with Crippen molar-refractivity contribution in [2.24, 2.45) is 5.73 Å². The van der Waals surface area contributed by atoms with Crippen LogP contribution >= 0.6 is 0 Å². The zero-order valence-electron chi connectivity index (χ0n) is 7.45. The fraction of sp³-hybridized carbons (Fsp3) is 1.00. The van der Waals surface area contributed by atoms with Gasteiger partial charge in [0.1, 0.15) is 18.3 Å². The number of aliphatic hydroxyl groups excluding tert-OH is 4. The summed E-state index contributed by atoms with van der Waals surface area (Å²) < 4.78 is 4.69. The minimum atomic E-state index is -2.11. The molecule has 0 bridgehead atoms. The molecule has 1 fully saturated rings. The molecule has 0 amide bonds. The first-order chi connectivity index (χ1) is 6.47. The Hall–Kier alpha value is -0.280. The van der Waals surface area contributed by atoms with E-state index in [2.05, 4.69) is 0 Å². The molecule has 5 atom stereocenters. The van der Waals surface area contributed by atoms with E-state index in [0.29, 0.717) is 0 Å². The van der Waals surface area contributed by atoms with Crippen molar-refractivity contribution in [1.29, 1.82) is 0 Å². The van der Waals surface area contributed by atoms with Gasteiger partial charge in [-0.1, -0.05) is 0 Å². The van der Waals surface area contributed by atoms with Crippen molar-refractivity contribution >= 4 is 0 Å². The first-order valence-electron chi connectivity index (χ1n) is 4.20. The highest BCUT2D eigenvalue weighted by molar-refractivity contribution is 5.00. The minimum absolute atomic E-state index is 0.468. The van der Waals surface area contributed by atoms with E-state index in [1.807, 2.05) is 0 Å². The monoisotopic (exact) mass is 209 g/mol. The van der Waals surface area contributed by atoms with Gasteiger partial charge in [0, 0.05) is 6.54 Å². The maximum atomic E-state index is 9.61.